The first-order valence-electron chi connectivity index (χ1n) is 9.65. The molecule has 0 aliphatic heterocycles. The highest BCUT2D eigenvalue weighted by Crippen LogP contribution is 2.30. The molecule has 2 aromatic heterocycles. The van der Waals surface area contributed by atoms with Crippen LogP contribution in [0.1, 0.15) is 33.7 Å². The van der Waals surface area contributed by atoms with Gasteiger partial charge >= 0.3 is 5.69 Å². The highest BCUT2D eigenvalue weighted by molar-refractivity contribution is 8.00. The maximum atomic E-state index is 12.7. The molecule has 3 aromatic rings. The molecule has 1 amide bonds. The number of carbonyl (C=O) groups excluding carboxylic acids is 1. The van der Waals surface area contributed by atoms with Crippen molar-refractivity contribution in [2.75, 3.05) is 11.1 Å². The van der Waals surface area contributed by atoms with Crippen LogP contribution < -0.4 is 11.0 Å². The molecule has 7 heteroatoms. The Morgan fingerprint density at radius 2 is 2.03 bits per heavy atom. The number of hydrogen-bond acceptors (Lipinski definition) is 5. The number of aromatic nitrogens is 2. The largest absolute Gasteiger partial charge is 0.349 e. The number of benzene rings is 1. The smallest absolute Gasteiger partial charge is 0.325 e. The maximum Gasteiger partial charge on any atom is 0.349 e. The molecule has 150 valence electrons. The van der Waals surface area contributed by atoms with Crippen LogP contribution in [0.25, 0.3) is 0 Å². The van der Waals surface area contributed by atoms with E-state index in [0.717, 1.165) is 52.2 Å². The van der Waals surface area contributed by atoms with E-state index in [1.54, 1.807) is 15.9 Å². The second-order valence-corrected chi connectivity index (χ2v) is 9.35. The number of rotatable bonds is 6. The van der Waals surface area contributed by atoms with Crippen LogP contribution in [-0.2, 0) is 24.2 Å². The molecule has 0 saturated heterocycles. The molecule has 0 spiro atoms. The molecular formula is C22H23N3O2S2. The molecule has 0 radical (unpaired) electrons. The second-order valence-electron chi connectivity index (χ2n) is 7.36. The van der Waals surface area contributed by atoms with Gasteiger partial charge in [-0.1, -0.05) is 23.9 Å². The van der Waals surface area contributed by atoms with Gasteiger partial charge in [0.15, 0.2) is 0 Å². The van der Waals surface area contributed by atoms with Gasteiger partial charge in [-0.3, -0.25) is 9.36 Å². The molecule has 1 aromatic carbocycles. The zero-order valence-corrected chi connectivity index (χ0v) is 18.2. The molecule has 0 saturated carbocycles. The SMILES string of the molecule is Cc1cc(C)cc(NC(=O)CSc2nc(=O)n(Cc3cccs3)c3c2CCC3)c1. The summed E-state index contributed by atoms with van der Waals surface area (Å²) < 4.78 is 1.80. The number of aryl methyl sites for hydroxylation is 2. The summed E-state index contributed by atoms with van der Waals surface area (Å²) in [6, 6.07) is 10.0. The number of thioether (sulfide) groups is 1. The summed E-state index contributed by atoms with van der Waals surface area (Å²) in [5.41, 5.74) is 5.01. The van der Waals surface area contributed by atoms with Gasteiger partial charge in [-0.15, -0.1) is 11.3 Å². The number of nitrogens with zero attached hydrogens (tertiary/aromatic N) is 2. The van der Waals surface area contributed by atoms with E-state index < -0.39 is 0 Å². The number of carbonyl (C=O) groups is 1. The first-order valence-corrected chi connectivity index (χ1v) is 11.5. The average Bonchev–Trinajstić information content (AvgIpc) is 3.33. The van der Waals surface area contributed by atoms with Crippen molar-refractivity contribution >= 4 is 34.7 Å². The Hall–Kier alpha value is -2.38. The third kappa shape index (κ3) is 4.62. The van der Waals surface area contributed by atoms with E-state index in [0.29, 0.717) is 11.6 Å². The third-order valence-corrected chi connectivity index (χ3v) is 6.82. The third-order valence-electron chi connectivity index (χ3n) is 4.94. The van der Waals surface area contributed by atoms with Crippen LogP contribution in [0.2, 0.25) is 0 Å². The predicted molar refractivity (Wildman–Crippen MR) is 119 cm³/mol. The summed E-state index contributed by atoms with van der Waals surface area (Å²) in [7, 11) is 0. The quantitative estimate of drug-likeness (QED) is 0.475. The fraction of sp³-hybridized carbons (Fsp3) is 0.318. The number of thiophene rings is 1. The van der Waals surface area contributed by atoms with Gasteiger partial charge in [0, 0.05) is 21.8 Å². The van der Waals surface area contributed by atoms with Gasteiger partial charge in [0.05, 0.1) is 12.3 Å². The summed E-state index contributed by atoms with van der Waals surface area (Å²) in [4.78, 5) is 30.6. The predicted octanol–water partition coefficient (Wildman–Crippen LogP) is 4.19. The second kappa shape index (κ2) is 8.55. The van der Waals surface area contributed by atoms with Crippen molar-refractivity contribution in [3.63, 3.8) is 0 Å². The Morgan fingerprint density at radius 3 is 2.76 bits per heavy atom. The zero-order valence-electron chi connectivity index (χ0n) is 16.5. The van der Waals surface area contributed by atoms with Gasteiger partial charge in [-0.05, 0) is 67.8 Å². The summed E-state index contributed by atoms with van der Waals surface area (Å²) in [6.45, 7) is 4.59. The lowest BCUT2D eigenvalue weighted by atomic mass is 10.1. The monoisotopic (exact) mass is 425 g/mol. The minimum absolute atomic E-state index is 0.0867. The molecular weight excluding hydrogens is 402 g/mol. The van der Waals surface area contributed by atoms with Crippen molar-refractivity contribution in [1.82, 2.24) is 9.55 Å². The van der Waals surface area contributed by atoms with Crippen LogP contribution in [0.5, 0.6) is 0 Å². The summed E-state index contributed by atoms with van der Waals surface area (Å²) in [5, 5.41) is 5.68. The molecule has 5 nitrogen and oxygen atoms in total. The molecule has 0 unspecified atom stereocenters. The van der Waals surface area contributed by atoms with Crippen LogP contribution in [0, 0.1) is 13.8 Å². The van der Waals surface area contributed by atoms with Gasteiger partial charge < -0.3 is 5.32 Å². The highest BCUT2D eigenvalue weighted by atomic mass is 32.2. The van der Waals surface area contributed by atoms with E-state index in [4.69, 9.17) is 0 Å². The lowest BCUT2D eigenvalue weighted by Gasteiger charge is -2.13. The van der Waals surface area contributed by atoms with Gasteiger partial charge in [0.25, 0.3) is 0 Å². The van der Waals surface area contributed by atoms with Crippen molar-refractivity contribution in [3.05, 3.63) is 73.5 Å². The summed E-state index contributed by atoms with van der Waals surface area (Å²) >= 11 is 3.01. The average molecular weight is 426 g/mol. The van der Waals surface area contributed by atoms with E-state index in [2.05, 4.69) is 16.4 Å². The number of anilines is 1. The van der Waals surface area contributed by atoms with Gasteiger partial charge in [-0.25, -0.2) is 4.79 Å². The van der Waals surface area contributed by atoms with Crippen LogP contribution in [0.15, 0.2) is 45.5 Å². The van der Waals surface area contributed by atoms with E-state index in [1.807, 2.05) is 43.5 Å². The number of hydrogen-bond donors (Lipinski definition) is 1. The summed E-state index contributed by atoms with van der Waals surface area (Å²) in [6.07, 6.45) is 2.82. The number of amides is 1. The van der Waals surface area contributed by atoms with Gasteiger partial charge in [-0.2, -0.15) is 4.98 Å². The van der Waals surface area contributed by atoms with Crippen molar-refractivity contribution in [2.24, 2.45) is 0 Å². The molecule has 0 bridgehead atoms. The molecule has 0 fully saturated rings. The van der Waals surface area contributed by atoms with Crippen LogP contribution >= 0.6 is 23.1 Å². The zero-order chi connectivity index (χ0) is 20.4. The molecule has 4 rings (SSSR count). The van der Waals surface area contributed by atoms with E-state index in [9.17, 15) is 9.59 Å². The normalized spacial score (nSPS) is 12.8. The molecule has 2 heterocycles. The first-order chi connectivity index (χ1) is 14.0. The van der Waals surface area contributed by atoms with Crippen molar-refractivity contribution in [1.29, 1.82) is 0 Å². The topological polar surface area (TPSA) is 64.0 Å². The Bertz CT molecular complexity index is 1080. The van der Waals surface area contributed by atoms with Gasteiger partial charge in [0.2, 0.25) is 5.91 Å². The lowest BCUT2D eigenvalue weighted by molar-refractivity contribution is -0.113. The maximum absolute atomic E-state index is 12.7. The standard InChI is InChI=1S/C22H23N3O2S2/c1-14-9-15(2)11-16(10-14)23-20(26)13-29-21-18-6-3-7-19(18)25(22(27)24-21)12-17-5-4-8-28-17/h4-5,8-11H,3,6-7,12-13H2,1-2H3,(H,23,26). The minimum atomic E-state index is -0.226. The Balaban J connectivity index is 1.49. The van der Waals surface area contributed by atoms with E-state index >= 15 is 0 Å². The summed E-state index contributed by atoms with van der Waals surface area (Å²) in [5.74, 6) is 0.150. The first kappa shape index (κ1) is 19.9. The Morgan fingerprint density at radius 1 is 1.24 bits per heavy atom. The van der Waals surface area contributed by atoms with Crippen molar-refractivity contribution < 1.29 is 4.79 Å². The van der Waals surface area contributed by atoms with Crippen molar-refractivity contribution in [3.8, 4) is 0 Å². The van der Waals surface area contributed by atoms with Crippen LogP contribution in [-0.4, -0.2) is 21.2 Å². The molecule has 1 N–H and O–H groups in total. The number of nitrogens with one attached hydrogen (secondary N) is 1. The molecule has 1 aliphatic carbocycles. The minimum Gasteiger partial charge on any atom is -0.325 e. The number of fused-ring (bicyclic) bond motifs is 1. The fourth-order valence-corrected chi connectivity index (χ4v) is 5.37. The fourth-order valence-electron chi connectivity index (χ4n) is 3.80. The van der Waals surface area contributed by atoms with E-state index in [-0.39, 0.29) is 17.3 Å². The lowest BCUT2D eigenvalue weighted by Crippen LogP contribution is -2.27. The highest BCUT2D eigenvalue weighted by Gasteiger charge is 2.22. The van der Waals surface area contributed by atoms with Crippen molar-refractivity contribution in [2.45, 2.75) is 44.7 Å². The van der Waals surface area contributed by atoms with Gasteiger partial charge in [0.1, 0.15) is 5.03 Å². The van der Waals surface area contributed by atoms with Crippen LogP contribution in [0.3, 0.4) is 0 Å². The Labute approximate surface area is 178 Å². The van der Waals surface area contributed by atoms with E-state index in [1.165, 1.54) is 11.8 Å². The Kier molecular flexibility index (Phi) is 5.87. The van der Waals surface area contributed by atoms with Crippen LogP contribution in [0.4, 0.5) is 5.69 Å². The molecule has 0 atom stereocenters. The molecule has 1 aliphatic rings. The molecule has 29 heavy (non-hydrogen) atoms.